The molecule has 4 heteroatoms. The minimum Gasteiger partial charge on any atom is -0.237 e. The van der Waals surface area contributed by atoms with Crippen LogP contribution >= 0.6 is 11.3 Å². The van der Waals surface area contributed by atoms with Crippen LogP contribution in [0.5, 0.6) is 0 Å². The van der Waals surface area contributed by atoms with Crippen molar-refractivity contribution in [3.05, 3.63) is 40.6 Å². The van der Waals surface area contributed by atoms with Crippen LogP contribution in [0, 0.1) is 0 Å². The van der Waals surface area contributed by atoms with Gasteiger partial charge in [-0.15, -0.1) is 11.3 Å². The number of allylic oxidation sites excluding steroid dienone is 1. The maximum Gasteiger partial charge on any atom is 0.159 e. The van der Waals surface area contributed by atoms with E-state index in [0.717, 1.165) is 10.4 Å². The second-order valence-corrected chi connectivity index (χ2v) is 3.98. The van der Waals surface area contributed by atoms with Crippen molar-refractivity contribution < 1.29 is 4.39 Å². The summed E-state index contributed by atoms with van der Waals surface area (Å²) in [5.41, 5.74) is 0.924. The SMILES string of the molecule is C/C(F)=C/c1cc(-c2ncccn2)cs1. The van der Waals surface area contributed by atoms with E-state index in [4.69, 9.17) is 0 Å². The first-order valence-electron chi connectivity index (χ1n) is 4.45. The molecule has 0 saturated heterocycles. The quantitative estimate of drug-likeness (QED) is 0.773. The highest BCUT2D eigenvalue weighted by Gasteiger charge is 2.02. The summed E-state index contributed by atoms with van der Waals surface area (Å²) in [6, 6.07) is 3.64. The molecule has 0 N–H and O–H groups in total. The van der Waals surface area contributed by atoms with Gasteiger partial charge in [0.15, 0.2) is 5.82 Å². The van der Waals surface area contributed by atoms with Gasteiger partial charge < -0.3 is 0 Å². The van der Waals surface area contributed by atoms with Gasteiger partial charge in [-0.05, 0) is 25.1 Å². The fraction of sp³-hybridized carbons (Fsp3) is 0.0909. The van der Waals surface area contributed by atoms with Gasteiger partial charge in [0.25, 0.3) is 0 Å². The zero-order valence-electron chi connectivity index (χ0n) is 8.14. The van der Waals surface area contributed by atoms with E-state index < -0.39 is 0 Å². The highest BCUT2D eigenvalue weighted by Crippen LogP contribution is 2.24. The normalized spacial score (nSPS) is 11.7. The minimum atomic E-state index is -0.197. The Morgan fingerprint density at radius 1 is 1.40 bits per heavy atom. The van der Waals surface area contributed by atoms with Gasteiger partial charge in [-0.25, -0.2) is 14.4 Å². The predicted molar refractivity (Wildman–Crippen MR) is 60.1 cm³/mol. The number of rotatable bonds is 2. The highest BCUT2D eigenvalue weighted by atomic mass is 32.1. The molecule has 0 spiro atoms. The van der Waals surface area contributed by atoms with E-state index in [1.807, 2.05) is 11.4 Å². The topological polar surface area (TPSA) is 25.8 Å². The Labute approximate surface area is 91.1 Å². The molecule has 2 heterocycles. The van der Waals surface area contributed by atoms with Crippen molar-refractivity contribution in [3.63, 3.8) is 0 Å². The molecule has 0 unspecified atom stereocenters. The standard InChI is InChI=1S/C11H9FN2S/c1-8(12)5-10-6-9(7-15-10)11-13-3-2-4-14-11/h2-7H,1H3/b8-5-. The van der Waals surface area contributed by atoms with Gasteiger partial charge in [-0.2, -0.15) is 0 Å². The van der Waals surface area contributed by atoms with E-state index in [9.17, 15) is 4.39 Å². The van der Waals surface area contributed by atoms with Gasteiger partial charge >= 0.3 is 0 Å². The van der Waals surface area contributed by atoms with E-state index >= 15 is 0 Å². The van der Waals surface area contributed by atoms with Crippen LogP contribution < -0.4 is 0 Å². The molecule has 76 valence electrons. The van der Waals surface area contributed by atoms with Crippen molar-refractivity contribution in [2.75, 3.05) is 0 Å². The van der Waals surface area contributed by atoms with E-state index in [-0.39, 0.29) is 5.83 Å². The summed E-state index contributed by atoms with van der Waals surface area (Å²) in [4.78, 5) is 9.12. The van der Waals surface area contributed by atoms with Crippen molar-refractivity contribution in [2.45, 2.75) is 6.92 Å². The van der Waals surface area contributed by atoms with Crippen LogP contribution in [0.1, 0.15) is 11.8 Å². The summed E-state index contributed by atoms with van der Waals surface area (Å²) >= 11 is 1.48. The molecule has 15 heavy (non-hydrogen) atoms. The fourth-order valence-electron chi connectivity index (χ4n) is 1.19. The van der Waals surface area contributed by atoms with Crippen LogP contribution in [0.2, 0.25) is 0 Å². The maximum absolute atomic E-state index is 12.6. The van der Waals surface area contributed by atoms with E-state index in [2.05, 4.69) is 9.97 Å². The lowest BCUT2D eigenvalue weighted by Crippen LogP contribution is -1.83. The third kappa shape index (κ3) is 2.47. The molecular formula is C11H9FN2S. The molecule has 2 nitrogen and oxygen atoms in total. The molecule has 0 aliphatic carbocycles. The van der Waals surface area contributed by atoms with E-state index in [1.165, 1.54) is 24.3 Å². The molecule has 2 aromatic rings. The van der Waals surface area contributed by atoms with Crippen molar-refractivity contribution in [3.8, 4) is 11.4 Å². The van der Waals surface area contributed by atoms with E-state index in [0.29, 0.717) is 5.82 Å². The second kappa shape index (κ2) is 4.31. The Morgan fingerprint density at radius 3 is 2.80 bits per heavy atom. The average molecular weight is 220 g/mol. The molecule has 0 aromatic carbocycles. The lowest BCUT2D eigenvalue weighted by molar-refractivity contribution is 0.648. The molecule has 2 aromatic heterocycles. The molecule has 0 saturated carbocycles. The zero-order valence-corrected chi connectivity index (χ0v) is 8.96. The molecule has 0 amide bonds. The van der Waals surface area contributed by atoms with Crippen LogP contribution in [-0.4, -0.2) is 9.97 Å². The fourth-order valence-corrected chi connectivity index (χ4v) is 2.05. The Morgan fingerprint density at radius 2 is 2.13 bits per heavy atom. The molecule has 0 fully saturated rings. The first-order valence-corrected chi connectivity index (χ1v) is 5.33. The number of thiophene rings is 1. The number of nitrogens with zero attached hydrogens (tertiary/aromatic N) is 2. The average Bonchev–Trinajstić information content (AvgIpc) is 2.67. The summed E-state index contributed by atoms with van der Waals surface area (Å²) in [6.45, 7) is 1.43. The van der Waals surface area contributed by atoms with Crippen molar-refractivity contribution in [1.82, 2.24) is 9.97 Å². The summed E-state index contributed by atoms with van der Waals surface area (Å²) in [7, 11) is 0. The molecule has 0 atom stereocenters. The monoisotopic (exact) mass is 220 g/mol. The van der Waals surface area contributed by atoms with Crippen LogP contribution in [-0.2, 0) is 0 Å². The largest absolute Gasteiger partial charge is 0.237 e. The molecule has 0 radical (unpaired) electrons. The number of halogens is 1. The van der Waals surface area contributed by atoms with Crippen LogP contribution in [0.3, 0.4) is 0 Å². The van der Waals surface area contributed by atoms with Gasteiger partial charge in [0.1, 0.15) is 0 Å². The molecule has 0 aliphatic rings. The summed E-state index contributed by atoms with van der Waals surface area (Å²) in [5.74, 6) is 0.474. The van der Waals surface area contributed by atoms with Crippen LogP contribution in [0.25, 0.3) is 17.5 Å². The lowest BCUT2D eigenvalue weighted by atomic mass is 10.3. The Hall–Kier alpha value is -1.55. The highest BCUT2D eigenvalue weighted by molar-refractivity contribution is 7.11. The second-order valence-electron chi connectivity index (χ2n) is 3.04. The Bertz CT molecular complexity index is 472. The van der Waals surface area contributed by atoms with Crippen LogP contribution in [0.15, 0.2) is 35.7 Å². The molecule has 2 rings (SSSR count). The number of aromatic nitrogens is 2. The molecule has 0 bridgehead atoms. The number of hydrogen-bond acceptors (Lipinski definition) is 3. The lowest BCUT2D eigenvalue weighted by Gasteiger charge is -1.92. The summed E-state index contributed by atoms with van der Waals surface area (Å²) in [5, 5.41) is 1.92. The van der Waals surface area contributed by atoms with Gasteiger partial charge in [0.05, 0.1) is 5.83 Å². The number of hydrogen-bond donors (Lipinski definition) is 0. The van der Waals surface area contributed by atoms with Gasteiger partial charge in [0, 0.05) is 28.2 Å². The molecule has 0 aliphatic heterocycles. The van der Waals surface area contributed by atoms with Crippen molar-refractivity contribution >= 4 is 17.4 Å². The summed E-state index contributed by atoms with van der Waals surface area (Å²) in [6.07, 6.45) is 4.88. The Balaban J connectivity index is 2.32. The van der Waals surface area contributed by atoms with Crippen molar-refractivity contribution in [1.29, 1.82) is 0 Å². The van der Waals surface area contributed by atoms with Crippen LogP contribution in [0.4, 0.5) is 4.39 Å². The van der Waals surface area contributed by atoms with Crippen molar-refractivity contribution in [2.24, 2.45) is 0 Å². The minimum absolute atomic E-state index is 0.197. The maximum atomic E-state index is 12.6. The van der Waals surface area contributed by atoms with Gasteiger partial charge in [0.2, 0.25) is 0 Å². The first kappa shape index (κ1) is 9.98. The smallest absolute Gasteiger partial charge is 0.159 e. The summed E-state index contributed by atoms with van der Waals surface area (Å²) < 4.78 is 12.6. The van der Waals surface area contributed by atoms with Gasteiger partial charge in [-0.3, -0.25) is 0 Å². The first-order chi connectivity index (χ1) is 7.25. The molecular weight excluding hydrogens is 211 g/mol. The van der Waals surface area contributed by atoms with E-state index in [1.54, 1.807) is 18.5 Å². The predicted octanol–water partition coefficient (Wildman–Crippen LogP) is 3.54. The zero-order chi connectivity index (χ0) is 10.7. The third-order valence-corrected chi connectivity index (χ3v) is 2.66. The Kier molecular flexibility index (Phi) is 2.87. The third-order valence-electron chi connectivity index (χ3n) is 1.78. The van der Waals surface area contributed by atoms with Gasteiger partial charge in [-0.1, -0.05) is 0 Å².